The lowest BCUT2D eigenvalue weighted by molar-refractivity contribution is -0.122. The van der Waals surface area contributed by atoms with Gasteiger partial charge in [0, 0.05) is 15.0 Å². The van der Waals surface area contributed by atoms with E-state index >= 15 is 0 Å². The van der Waals surface area contributed by atoms with Crippen molar-refractivity contribution in [1.82, 2.24) is 0 Å². The van der Waals surface area contributed by atoms with Crippen LogP contribution in [0, 0.1) is 3.57 Å². The molecule has 3 nitrogen and oxygen atoms in total. The standard InChI is InChI=1S/C15H11ClINO2/c16-10-5-6-12(11(17)8-10)18-15(19)14-7-9-3-1-2-4-13(9)20-14/h1-6,8,14H,7H2,(H,18,19). The van der Waals surface area contributed by atoms with Gasteiger partial charge < -0.3 is 10.1 Å². The zero-order valence-electron chi connectivity index (χ0n) is 10.4. The molecule has 102 valence electrons. The zero-order valence-corrected chi connectivity index (χ0v) is 13.3. The largest absolute Gasteiger partial charge is 0.480 e. The Morgan fingerprint density at radius 3 is 2.85 bits per heavy atom. The van der Waals surface area contributed by atoms with Crippen LogP contribution in [-0.4, -0.2) is 12.0 Å². The maximum absolute atomic E-state index is 12.2. The highest BCUT2D eigenvalue weighted by molar-refractivity contribution is 14.1. The van der Waals surface area contributed by atoms with Gasteiger partial charge in [0.15, 0.2) is 6.10 Å². The van der Waals surface area contributed by atoms with E-state index in [4.69, 9.17) is 16.3 Å². The molecular weight excluding hydrogens is 389 g/mol. The SMILES string of the molecule is O=C(Nc1ccc(Cl)cc1I)C1Cc2ccccc2O1. The minimum absolute atomic E-state index is 0.138. The van der Waals surface area contributed by atoms with Crippen LogP contribution in [0.2, 0.25) is 5.02 Å². The number of nitrogens with one attached hydrogen (secondary N) is 1. The predicted octanol–water partition coefficient (Wildman–Crippen LogP) is 3.89. The second-order valence-corrected chi connectivity index (χ2v) is 6.13. The van der Waals surface area contributed by atoms with Crippen molar-refractivity contribution in [2.75, 3.05) is 5.32 Å². The molecule has 0 spiro atoms. The average molecular weight is 400 g/mol. The van der Waals surface area contributed by atoms with E-state index in [0.29, 0.717) is 11.4 Å². The lowest BCUT2D eigenvalue weighted by atomic mass is 10.1. The van der Waals surface area contributed by atoms with E-state index in [9.17, 15) is 4.79 Å². The minimum atomic E-state index is -0.473. The molecule has 1 amide bonds. The summed E-state index contributed by atoms with van der Waals surface area (Å²) in [7, 11) is 0. The van der Waals surface area contributed by atoms with Gasteiger partial charge in [-0.2, -0.15) is 0 Å². The molecule has 20 heavy (non-hydrogen) atoms. The summed E-state index contributed by atoms with van der Waals surface area (Å²) in [6, 6.07) is 13.1. The molecule has 1 aliphatic heterocycles. The van der Waals surface area contributed by atoms with Gasteiger partial charge in [-0.1, -0.05) is 29.8 Å². The first kappa shape index (κ1) is 13.7. The van der Waals surface area contributed by atoms with Gasteiger partial charge >= 0.3 is 0 Å². The van der Waals surface area contributed by atoms with E-state index < -0.39 is 6.10 Å². The van der Waals surface area contributed by atoms with E-state index in [1.807, 2.05) is 30.3 Å². The molecule has 2 aromatic carbocycles. The van der Waals surface area contributed by atoms with Crippen LogP contribution in [-0.2, 0) is 11.2 Å². The smallest absolute Gasteiger partial charge is 0.265 e. The summed E-state index contributed by atoms with van der Waals surface area (Å²) in [4.78, 5) is 12.2. The highest BCUT2D eigenvalue weighted by Gasteiger charge is 2.28. The molecular formula is C15H11ClINO2. The highest BCUT2D eigenvalue weighted by atomic mass is 127. The number of hydrogen-bond acceptors (Lipinski definition) is 2. The van der Waals surface area contributed by atoms with Crippen LogP contribution in [0.3, 0.4) is 0 Å². The van der Waals surface area contributed by atoms with Crippen LogP contribution >= 0.6 is 34.2 Å². The van der Waals surface area contributed by atoms with Gasteiger partial charge in [0.1, 0.15) is 5.75 Å². The molecule has 1 unspecified atom stereocenters. The van der Waals surface area contributed by atoms with Crippen molar-refractivity contribution >= 4 is 45.8 Å². The third kappa shape index (κ3) is 2.76. The first-order valence-corrected chi connectivity index (χ1v) is 7.59. The molecule has 5 heteroatoms. The van der Waals surface area contributed by atoms with Gasteiger partial charge in [-0.05, 0) is 52.4 Å². The fourth-order valence-electron chi connectivity index (χ4n) is 2.13. The second-order valence-electron chi connectivity index (χ2n) is 4.53. The van der Waals surface area contributed by atoms with Crippen molar-refractivity contribution in [3.8, 4) is 5.75 Å². The molecule has 0 bridgehead atoms. The van der Waals surface area contributed by atoms with E-state index in [0.717, 1.165) is 20.6 Å². The number of benzene rings is 2. The monoisotopic (exact) mass is 399 g/mol. The quantitative estimate of drug-likeness (QED) is 0.778. The molecule has 1 aliphatic rings. The van der Waals surface area contributed by atoms with Crippen LogP contribution in [0.4, 0.5) is 5.69 Å². The van der Waals surface area contributed by atoms with Crippen molar-refractivity contribution in [3.05, 3.63) is 56.6 Å². The van der Waals surface area contributed by atoms with Crippen molar-refractivity contribution in [1.29, 1.82) is 0 Å². The topological polar surface area (TPSA) is 38.3 Å². The molecule has 0 saturated carbocycles. The van der Waals surface area contributed by atoms with Crippen LogP contribution < -0.4 is 10.1 Å². The number of fused-ring (bicyclic) bond motifs is 1. The summed E-state index contributed by atoms with van der Waals surface area (Å²) >= 11 is 8.04. The Kier molecular flexibility index (Phi) is 3.85. The van der Waals surface area contributed by atoms with Gasteiger partial charge in [-0.3, -0.25) is 4.79 Å². The van der Waals surface area contributed by atoms with E-state index in [1.54, 1.807) is 12.1 Å². The van der Waals surface area contributed by atoms with Crippen LogP contribution in [0.15, 0.2) is 42.5 Å². The molecule has 0 radical (unpaired) electrons. The Morgan fingerprint density at radius 1 is 1.30 bits per heavy atom. The molecule has 0 saturated heterocycles. The molecule has 1 heterocycles. The number of para-hydroxylation sites is 1. The van der Waals surface area contributed by atoms with E-state index in [2.05, 4.69) is 27.9 Å². The first-order chi connectivity index (χ1) is 9.63. The predicted molar refractivity (Wildman–Crippen MR) is 87.4 cm³/mol. The van der Waals surface area contributed by atoms with Gasteiger partial charge in [-0.15, -0.1) is 0 Å². The number of carbonyl (C=O) groups excluding carboxylic acids is 1. The Balaban J connectivity index is 1.72. The van der Waals surface area contributed by atoms with Crippen LogP contribution in [0.1, 0.15) is 5.56 Å². The summed E-state index contributed by atoms with van der Waals surface area (Å²) in [5.41, 5.74) is 1.82. The molecule has 3 rings (SSSR count). The third-order valence-electron chi connectivity index (χ3n) is 3.13. The van der Waals surface area contributed by atoms with Gasteiger partial charge in [-0.25, -0.2) is 0 Å². The van der Waals surface area contributed by atoms with Crippen molar-refractivity contribution in [2.45, 2.75) is 12.5 Å². The third-order valence-corrected chi connectivity index (χ3v) is 4.26. The van der Waals surface area contributed by atoms with Gasteiger partial charge in [0.2, 0.25) is 0 Å². The van der Waals surface area contributed by atoms with E-state index in [-0.39, 0.29) is 5.91 Å². The van der Waals surface area contributed by atoms with Crippen LogP contribution in [0.5, 0.6) is 5.75 Å². The lowest BCUT2D eigenvalue weighted by Crippen LogP contribution is -2.31. The van der Waals surface area contributed by atoms with Gasteiger partial charge in [0.25, 0.3) is 5.91 Å². The number of rotatable bonds is 2. The molecule has 0 fully saturated rings. The number of ether oxygens (including phenoxy) is 1. The van der Waals surface area contributed by atoms with Gasteiger partial charge in [0.05, 0.1) is 5.69 Å². The highest BCUT2D eigenvalue weighted by Crippen LogP contribution is 2.29. The molecule has 0 aromatic heterocycles. The van der Waals surface area contributed by atoms with Crippen LogP contribution in [0.25, 0.3) is 0 Å². The average Bonchev–Trinajstić information content (AvgIpc) is 2.86. The fourth-order valence-corrected chi connectivity index (χ4v) is 3.14. The Bertz CT molecular complexity index is 650. The maximum atomic E-state index is 12.2. The number of carbonyl (C=O) groups is 1. The number of anilines is 1. The number of amides is 1. The van der Waals surface area contributed by atoms with Crippen molar-refractivity contribution in [2.24, 2.45) is 0 Å². The number of halogens is 2. The Morgan fingerprint density at radius 2 is 2.10 bits per heavy atom. The summed E-state index contributed by atoms with van der Waals surface area (Å²) < 4.78 is 6.57. The normalized spacial score (nSPS) is 16.4. The molecule has 2 aromatic rings. The fraction of sp³-hybridized carbons (Fsp3) is 0.133. The number of hydrogen-bond donors (Lipinski definition) is 1. The van der Waals surface area contributed by atoms with Crippen molar-refractivity contribution in [3.63, 3.8) is 0 Å². The molecule has 0 aliphatic carbocycles. The molecule has 1 N–H and O–H groups in total. The Hall–Kier alpha value is -1.27. The van der Waals surface area contributed by atoms with Crippen molar-refractivity contribution < 1.29 is 9.53 Å². The maximum Gasteiger partial charge on any atom is 0.265 e. The lowest BCUT2D eigenvalue weighted by Gasteiger charge is -2.12. The van der Waals surface area contributed by atoms with E-state index in [1.165, 1.54) is 0 Å². The summed E-state index contributed by atoms with van der Waals surface area (Å²) in [6.45, 7) is 0. The Labute approximate surface area is 135 Å². The first-order valence-electron chi connectivity index (χ1n) is 6.14. The zero-order chi connectivity index (χ0) is 14.1. The summed E-state index contributed by atoms with van der Waals surface area (Å²) in [5, 5.41) is 3.53. The summed E-state index contributed by atoms with van der Waals surface area (Å²) in [5.74, 6) is 0.653. The second kappa shape index (κ2) is 5.61. The molecule has 1 atom stereocenters. The summed E-state index contributed by atoms with van der Waals surface area (Å²) in [6.07, 6.45) is 0.130. The minimum Gasteiger partial charge on any atom is -0.480 e.